The van der Waals surface area contributed by atoms with Crippen LogP contribution >= 0.6 is 0 Å². The SMILES string of the molecule is O=[N+]([O-])c1ccc(N2CCCCN2CCc2cccc3ccccc23)c2ccccc12. The van der Waals surface area contributed by atoms with Gasteiger partial charge < -0.3 is 5.01 Å². The van der Waals surface area contributed by atoms with Crippen LogP contribution in [0.4, 0.5) is 11.4 Å². The first-order valence-electron chi connectivity index (χ1n) is 10.9. The van der Waals surface area contributed by atoms with Crippen LogP contribution < -0.4 is 5.01 Å². The van der Waals surface area contributed by atoms with Gasteiger partial charge in [0.15, 0.2) is 0 Å². The van der Waals surface area contributed by atoms with Gasteiger partial charge in [-0.2, -0.15) is 0 Å². The quantitative estimate of drug-likeness (QED) is 0.300. The topological polar surface area (TPSA) is 49.6 Å². The number of nitro groups is 1. The number of hydrazine groups is 1. The van der Waals surface area contributed by atoms with E-state index in [1.807, 2.05) is 30.3 Å². The third-order valence-electron chi connectivity index (χ3n) is 6.25. The molecule has 0 bridgehead atoms. The van der Waals surface area contributed by atoms with Gasteiger partial charge in [0.05, 0.1) is 16.0 Å². The van der Waals surface area contributed by atoms with E-state index in [-0.39, 0.29) is 10.6 Å². The molecule has 4 aromatic carbocycles. The van der Waals surface area contributed by atoms with E-state index in [4.69, 9.17) is 0 Å². The molecule has 5 heteroatoms. The Kier molecular flexibility index (Phi) is 5.26. The summed E-state index contributed by atoms with van der Waals surface area (Å²) in [6.45, 7) is 2.84. The first-order chi connectivity index (χ1) is 15.2. The Hall–Kier alpha value is -3.44. The Morgan fingerprint density at radius 2 is 1.48 bits per heavy atom. The third kappa shape index (κ3) is 3.73. The molecule has 1 aliphatic rings. The summed E-state index contributed by atoms with van der Waals surface area (Å²) in [4.78, 5) is 11.2. The van der Waals surface area contributed by atoms with Crippen LogP contribution in [0.25, 0.3) is 21.5 Å². The molecule has 1 aliphatic heterocycles. The van der Waals surface area contributed by atoms with Crippen LogP contribution in [0, 0.1) is 10.1 Å². The van der Waals surface area contributed by atoms with Crippen molar-refractivity contribution in [2.45, 2.75) is 19.3 Å². The molecule has 5 nitrogen and oxygen atoms in total. The number of benzene rings is 4. The minimum absolute atomic E-state index is 0.165. The van der Waals surface area contributed by atoms with Crippen molar-refractivity contribution >= 4 is 32.9 Å². The van der Waals surface area contributed by atoms with Crippen LogP contribution in [0.3, 0.4) is 0 Å². The first-order valence-corrected chi connectivity index (χ1v) is 10.9. The largest absolute Gasteiger partial charge is 0.305 e. The van der Waals surface area contributed by atoms with Gasteiger partial charge in [0.1, 0.15) is 0 Å². The molecule has 5 rings (SSSR count). The molecule has 0 atom stereocenters. The molecule has 31 heavy (non-hydrogen) atoms. The lowest BCUT2D eigenvalue weighted by Crippen LogP contribution is -2.48. The van der Waals surface area contributed by atoms with Gasteiger partial charge in [-0.05, 0) is 47.7 Å². The molecule has 1 fully saturated rings. The lowest BCUT2D eigenvalue weighted by Gasteiger charge is -2.41. The standard InChI is InChI=1S/C26H25N3O2/c30-29(31)26-15-14-25(23-12-3-4-13-24(23)26)28-18-6-5-17-27(28)19-16-21-10-7-9-20-8-1-2-11-22(20)21/h1-4,7-15H,5-6,16-19H2. The maximum atomic E-state index is 11.5. The molecule has 1 heterocycles. The van der Waals surface area contributed by atoms with Crippen LogP contribution in [0.1, 0.15) is 18.4 Å². The molecule has 0 aromatic heterocycles. The van der Waals surface area contributed by atoms with Crippen LogP contribution in [0.5, 0.6) is 0 Å². The molecule has 0 saturated carbocycles. The van der Waals surface area contributed by atoms with Crippen LogP contribution in [-0.4, -0.2) is 29.6 Å². The Bertz CT molecular complexity index is 1250. The van der Waals surface area contributed by atoms with Crippen molar-refractivity contribution in [1.82, 2.24) is 5.01 Å². The van der Waals surface area contributed by atoms with Crippen molar-refractivity contribution in [3.8, 4) is 0 Å². The number of non-ortho nitro benzene ring substituents is 1. The molecule has 0 N–H and O–H groups in total. The Balaban J connectivity index is 1.46. The molecule has 156 valence electrons. The average molecular weight is 412 g/mol. The normalized spacial score (nSPS) is 14.9. The summed E-state index contributed by atoms with van der Waals surface area (Å²) in [7, 11) is 0. The van der Waals surface area contributed by atoms with Crippen molar-refractivity contribution in [2.75, 3.05) is 24.6 Å². The van der Waals surface area contributed by atoms with E-state index < -0.39 is 0 Å². The highest BCUT2D eigenvalue weighted by Crippen LogP contribution is 2.35. The zero-order chi connectivity index (χ0) is 21.2. The predicted octanol–water partition coefficient (Wildman–Crippen LogP) is 5.96. The smallest absolute Gasteiger partial charge is 0.277 e. The fraction of sp³-hybridized carbons (Fsp3) is 0.231. The summed E-state index contributed by atoms with van der Waals surface area (Å²) in [6, 6.07) is 26.3. The Morgan fingerprint density at radius 1 is 0.774 bits per heavy atom. The van der Waals surface area contributed by atoms with Crippen molar-refractivity contribution in [2.24, 2.45) is 0 Å². The fourth-order valence-corrected chi connectivity index (χ4v) is 4.73. The van der Waals surface area contributed by atoms with E-state index in [2.05, 4.69) is 52.5 Å². The minimum Gasteiger partial charge on any atom is -0.305 e. The number of nitrogens with zero attached hydrogens (tertiary/aromatic N) is 3. The molecule has 1 saturated heterocycles. The van der Waals surface area contributed by atoms with Crippen LogP contribution in [0.15, 0.2) is 78.9 Å². The monoisotopic (exact) mass is 411 g/mol. The van der Waals surface area contributed by atoms with E-state index in [1.165, 1.54) is 16.3 Å². The third-order valence-corrected chi connectivity index (χ3v) is 6.25. The van der Waals surface area contributed by atoms with Crippen LogP contribution in [0.2, 0.25) is 0 Å². The number of anilines is 1. The molecule has 0 aliphatic carbocycles. The highest BCUT2D eigenvalue weighted by Gasteiger charge is 2.24. The van der Waals surface area contributed by atoms with E-state index in [9.17, 15) is 10.1 Å². The summed E-state index contributed by atoms with van der Waals surface area (Å²) in [5.74, 6) is 0. The minimum atomic E-state index is -0.291. The molecule has 0 spiro atoms. The zero-order valence-electron chi connectivity index (χ0n) is 17.4. The van der Waals surface area contributed by atoms with Crippen molar-refractivity contribution in [1.29, 1.82) is 0 Å². The van der Waals surface area contributed by atoms with Crippen molar-refractivity contribution < 1.29 is 4.92 Å². The van der Waals surface area contributed by atoms with E-state index >= 15 is 0 Å². The number of fused-ring (bicyclic) bond motifs is 2. The van der Waals surface area contributed by atoms with Gasteiger partial charge in [-0.25, -0.2) is 5.01 Å². The molecule has 4 aromatic rings. The second-order valence-electron chi connectivity index (χ2n) is 8.08. The summed E-state index contributed by atoms with van der Waals surface area (Å²) < 4.78 is 0. The van der Waals surface area contributed by atoms with Crippen molar-refractivity contribution in [3.05, 3.63) is 94.5 Å². The summed E-state index contributed by atoms with van der Waals surface area (Å²) in [5, 5.41) is 20.5. The Morgan fingerprint density at radius 3 is 2.32 bits per heavy atom. The van der Waals surface area contributed by atoms with Gasteiger partial charge in [0, 0.05) is 31.1 Å². The highest BCUT2D eigenvalue weighted by molar-refractivity contribution is 6.00. The first kappa shape index (κ1) is 19.5. The van der Waals surface area contributed by atoms with Gasteiger partial charge in [-0.1, -0.05) is 60.7 Å². The molecular formula is C26H25N3O2. The molecule has 0 unspecified atom stereocenters. The second kappa shape index (κ2) is 8.36. The van der Waals surface area contributed by atoms with E-state index in [0.717, 1.165) is 50.0 Å². The lowest BCUT2D eigenvalue weighted by atomic mass is 10.0. The lowest BCUT2D eigenvalue weighted by molar-refractivity contribution is -0.383. The number of rotatable bonds is 5. The summed E-state index contributed by atoms with van der Waals surface area (Å²) >= 11 is 0. The van der Waals surface area contributed by atoms with E-state index in [0.29, 0.717) is 5.39 Å². The number of nitro benzene ring substituents is 1. The van der Waals surface area contributed by atoms with Gasteiger partial charge in [-0.3, -0.25) is 10.1 Å². The fourth-order valence-electron chi connectivity index (χ4n) is 4.73. The van der Waals surface area contributed by atoms with Gasteiger partial charge in [0.2, 0.25) is 0 Å². The maximum Gasteiger partial charge on any atom is 0.277 e. The molecular weight excluding hydrogens is 386 g/mol. The van der Waals surface area contributed by atoms with Gasteiger partial charge >= 0.3 is 0 Å². The van der Waals surface area contributed by atoms with Gasteiger partial charge in [0.25, 0.3) is 5.69 Å². The van der Waals surface area contributed by atoms with Crippen molar-refractivity contribution in [3.63, 3.8) is 0 Å². The summed E-state index contributed by atoms with van der Waals surface area (Å²) in [5.41, 5.74) is 2.58. The summed E-state index contributed by atoms with van der Waals surface area (Å²) in [6.07, 6.45) is 3.25. The van der Waals surface area contributed by atoms with Crippen LogP contribution in [-0.2, 0) is 6.42 Å². The maximum absolute atomic E-state index is 11.5. The molecule has 0 radical (unpaired) electrons. The molecule has 0 amide bonds. The predicted molar refractivity (Wildman–Crippen MR) is 126 cm³/mol. The zero-order valence-corrected chi connectivity index (χ0v) is 17.4. The highest BCUT2D eigenvalue weighted by atomic mass is 16.6. The van der Waals surface area contributed by atoms with Gasteiger partial charge in [-0.15, -0.1) is 0 Å². The Labute approximate surface area is 181 Å². The average Bonchev–Trinajstić information content (AvgIpc) is 2.82. The number of hydrogen-bond donors (Lipinski definition) is 0. The number of hydrogen-bond acceptors (Lipinski definition) is 4. The van der Waals surface area contributed by atoms with E-state index in [1.54, 1.807) is 6.07 Å². The second-order valence-corrected chi connectivity index (χ2v) is 8.08.